The maximum Gasteiger partial charge on any atom is 0.264 e. The zero-order valence-electron chi connectivity index (χ0n) is 16.4. The fourth-order valence-corrected chi connectivity index (χ4v) is 4.03. The molecule has 0 unspecified atom stereocenters. The van der Waals surface area contributed by atoms with Gasteiger partial charge in [-0.15, -0.1) is 0 Å². The third-order valence-electron chi connectivity index (χ3n) is 4.49. The number of benzene rings is 2. The number of fused-ring (bicyclic) bond motifs is 1. The summed E-state index contributed by atoms with van der Waals surface area (Å²) in [5.74, 6) is -1.04. The van der Waals surface area contributed by atoms with Gasteiger partial charge in [-0.05, 0) is 36.4 Å². The molecule has 4 rings (SSSR count). The van der Waals surface area contributed by atoms with Crippen molar-refractivity contribution in [2.24, 2.45) is 0 Å². The topological polar surface area (TPSA) is 110 Å². The minimum Gasteiger partial charge on any atom is -0.322 e. The Labute approximate surface area is 178 Å². The standard InChI is InChI=1S/C22H18N4O4S/c1-15(27)25-31(29,30)19-9-7-18(8-10-19)23-22(28)17-11-12-26-14-20(24-21(26)13-17)16-5-3-2-4-6-16/h2-14H,1H3,(H,23,28)(H,25,27). The molecule has 2 heterocycles. The summed E-state index contributed by atoms with van der Waals surface area (Å²) in [4.78, 5) is 28.2. The molecule has 2 aromatic carbocycles. The Morgan fingerprint density at radius 1 is 0.968 bits per heavy atom. The highest BCUT2D eigenvalue weighted by Gasteiger charge is 2.16. The number of carbonyl (C=O) groups excluding carboxylic acids is 2. The van der Waals surface area contributed by atoms with Gasteiger partial charge in [0.2, 0.25) is 5.91 Å². The van der Waals surface area contributed by atoms with Gasteiger partial charge >= 0.3 is 0 Å². The van der Waals surface area contributed by atoms with Crippen LogP contribution >= 0.6 is 0 Å². The number of pyridine rings is 1. The predicted molar refractivity (Wildman–Crippen MR) is 116 cm³/mol. The number of carbonyl (C=O) groups is 2. The first-order valence-electron chi connectivity index (χ1n) is 9.31. The average Bonchev–Trinajstić information content (AvgIpc) is 3.17. The number of imidazole rings is 1. The molecule has 0 fully saturated rings. The van der Waals surface area contributed by atoms with Gasteiger partial charge in [0.25, 0.3) is 15.9 Å². The summed E-state index contributed by atoms with van der Waals surface area (Å²) in [5.41, 5.74) is 3.23. The summed E-state index contributed by atoms with van der Waals surface area (Å²) in [6.07, 6.45) is 3.65. The molecule has 0 saturated heterocycles. The Kier molecular flexibility index (Phi) is 5.26. The molecule has 0 aliphatic heterocycles. The van der Waals surface area contributed by atoms with Crippen LogP contribution < -0.4 is 10.0 Å². The van der Waals surface area contributed by atoms with Crippen molar-refractivity contribution >= 4 is 33.2 Å². The molecule has 9 heteroatoms. The summed E-state index contributed by atoms with van der Waals surface area (Å²) in [6.45, 7) is 1.12. The second-order valence-electron chi connectivity index (χ2n) is 6.81. The van der Waals surface area contributed by atoms with Crippen LogP contribution in [0.5, 0.6) is 0 Å². The molecule has 2 aromatic heterocycles. The van der Waals surface area contributed by atoms with Crippen molar-refractivity contribution in [1.82, 2.24) is 14.1 Å². The van der Waals surface area contributed by atoms with E-state index in [2.05, 4.69) is 10.3 Å². The molecule has 0 radical (unpaired) electrons. The van der Waals surface area contributed by atoms with Crippen LogP contribution in [0, 0.1) is 0 Å². The highest BCUT2D eigenvalue weighted by Crippen LogP contribution is 2.20. The molecule has 2 N–H and O–H groups in total. The summed E-state index contributed by atoms with van der Waals surface area (Å²) >= 11 is 0. The summed E-state index contributed by atoms with van der Waals surface area (Å²) in [6, 6.07) is 18.6. The molecule has 31 heavy (non-hydrogen) atoms. The molecule has 0 aliphatic carbocycles. The van der Waals surface area contributed by atoms with Gasteiger partial charge in [0.15, 0.2) is 0 Å². The van der Waals surface area contributed by atoms with Crippen LogP contribution in [0.25, 0.3) is 16.9 Å². The van der Waals surface area contributed by atoms with Gasteiger partial charge in [0.1, 0.15) is 5.65 Å². The summed E-state index contributed by atoms with van der Waals surface area (Å²) in [7, 11) is -3.93. The third-order valence-corrected chi connectivity index (χ3v) is 5.94. The molecule has 4 aromatic rings. The quantitative estimate of drug-likeness (QED) is 0.502. The smallest absolute Gasteiger partial charge is 0.264 e. The highest BCUT2D eigenvalue weighted by molar-refractivity contribution is 7.90. The SMILES string of the molecule is CC(=O)NS(=O)(=O)c1ccc(NC(=O)c2ccn3cc(-c4ccccc4)nc3c2)cc1. The Bertz CT molecular complexity index is 1380. The molecule has 2 amide bonds. The van der Waals surface area contributed by atoms with E-state index in [1.54, 1.807) is 18.3 Å². The molecular weight excluding hydrogens is 416 g/mol. The Hall–Kier alpha value is -3.98. The van der Waals surface area contributed by atoms with E-state index in [-0.39, 0.29) is 10.8 Å². The number of aromatic nitrogens is 2. The van der Waals surface area contributed by atoms with Gasteiger partial charge in [-0.25, -0.2) is 18.1 Å². The molecule has 0 bridgehead atoms. The van der Waals surface area contributed by atoms with E-state index in [1.165, 1.54) is 24.3 Å². The lowest BCUT2D eigenvalue weighted by molar-refractivity contribution is -0.117. The Morgan fingerprint density at radius 2 is 1.68 bits per heavy atom. The van der Waals surface area contributed by atoms with Gasteiger partial charge in [0.05, 0.1) is 10.6 Å². The first-order chi connectivity index (χ1) is 14.8. The van der Waals surface area contributed by atoms with Gasteiger partial charge in [-0.2, -0.15) is 0 Å². The Balaban J connectivity index is 1.52. The predicted octanol–water partition coefficient (Wildman–Crippen LogP) is 3.08. The van der Waals surface area contributed by atoms with Crippen molar-refractivity contribution in [2.45, 2.75) is 11.8 Å². The number of amides is 2. The first kappa shape index (κ1) is 20.3. The third kappa shape index (κ3) is 4.46. The zero-order valence-corrected chi connectivity index (χ0v) is 17.3. The normalized spacial score (nSPS) is 11.3. The van der Waals surface area contributed by atoms with Crippen LogP contribution in [0.2, 0.25) is 0 Å². The molecule has 0 aliphatic rings. The second-order valence-corrected chi connectivity index (χ2v) is 8.50. The van der Waals surface area contributed by atoms with Crippen LogP contribution in [-0.4, -0.2) is 29.6 Å². The van der Waals surface area contributed by atoms with Crippen molar-refractivity contribution < 1.29 is 18.0 Å². The number of anilines is 1. The van der Waals surface area contributed by atoms with Crippen molar-refractivity contribution in [3.05, 3.63) is 84.7 Å². The first-order valence-corrected chi connectivity index (χ1v) is 10.8. The number of nitrogens with zero attached hydrogens (tertiary/aromatic N) is 2. The number of hydrogen-bond donors (Lipinski definition) is 2. The number of hydrogen-bond acceptors (Lipinski definition) is 5. The van der Waals surface area contributed by atoms with E-state index in [0.29, 0.717) is 16.9 Å². The van der Waals surface area contributed by atoms with Gasteiger partial charge < -0.3 is 9.72 Å². The van der Waals surface area contributed by atoms with E-state index in [1.807, 2.05) is 45.7 Å². The van der Waals surface area contributed by atoms with Crippen LogP contribution in [0.1, 0.15) is 17.3 Å². The van der Waals surface area contributed by atoms with Gasteiger partial charge in [-0.1, -0.05) is 30.3 Å². The van der Waals surface area contributed by atoms with Crippen molar-refractivity contribution in [3.8, 4) is 11.3 Å². The molecule has 0 atom stereocenters. The largest absolute Gasteiger partial charge is 0.322 e. The van der Waals surface area contributed by atoms with E-state index in [9.17, 15) is 18.0 Å². The van der Waals surface area contributed by atoms with Crippen LogP contribution in [-0.2, 0) is 14.8 Å². The zero-order chi connectivity index (χ0) is 22.0. The van der Waals surface area contributed by atoms with E-state index in [4.69, 9.17) is 0 Å². The van der Waals surface area contributed by atoms with E-state index < -0.39 is 15.9 Å². The van der Waals surface area contributed by atoms with E-state index >= 15 is 0 Å². The lowest BCUT2D eigenvalue weighted by Gasteiger charge is -2.08. The minimum atomic E-state index is -3.93. The van der Waals surface area contributed by atoms with Crippen LogP contribution in [0.3, 0.4) is 0 Å². The maximum atomic E-state index is 12.6. The van der Waals surface area contributed by atoms with Gasteiger partial charge in [-0.3, -0.25) is 9.59 Å². The molecule has 0 saturated carbocycles. The molecule has 0 spiro atoms. The number of rotatable bonds is 5. The minimum absolute atomic E-state index is 0.0760. The van der Waals surface area contributed by atoms with Crippen molar-refractivity contribution in [2.75, 3.05) is 5.32 Å². The van der Waals surface area contributed by atoms with Crippen molar-refractivity contribution in [3.63, 3.8) is 0 Å². The number of nitrogens with one attached hydrogen (secondary N) is 2. The fourth-order valence-electron chi connectivity index (χ4n) is 3.04. The maximum absolute atomic E-state index is 12.6. The summed E-state index contributed by atoms with van der Waals surface area (Å²) in [5, 5.41) is 2.72. The van der Waals surface area contributed by atoms with E-state index in [0.717, 1.165) is 18.2 Å². The number of sulfonamides is 1. The molecule has 156 valence electrons. The lowest BCUT2D eigenvalue weighted by atomic mass is 10.2. The Morgan fingerprint density at radius 3 is 2.35 bits per heavy atom. The van der Waals surface area contributed by atoms with Crippen LogP contribution in [0.15, 0.2) is 84.0 Å². The summed E-state index contributed by atoms with van der Waals surface area (Å²) < 4.78 is 27.7. The monoisotopic (exact) mass is 434 g/mol. The fraction of sp³-hybridized carbons (Fsp3) is 0.0455. The second kappa shape index (κ2) is 8.04. The lowest BCUT2D eigenvalue weighted by Crippen LogP contribution is -2.28. The highest BCUT2D eigenvalue weighted by atomic mass is 32.2. The van der Waals surface area contributed by atoms with Crippen LogP contribution in [0.4, 0.5) is 5.69 Å². The molecule has 8 nitrogen and oxygen atoms in total. The van der Waals surface area contributed by atoms with Gasteiger partial charge in [0, 0.05) is 36.1 Å². The van der Waals surface area contributed by atoms with Crippen molar-refractivity contribution in [1.29, 1.82) is 0 Å². The average molecular weight is 434 g/mol. The molecular formula is C22H18N4O4S.